The van der Waals surface area contributed by atoms with E-state index in [1.807, 2.05) is 42.5 Å². The number of nitrogens with zero attached hydrogens (tertiary/aromatic N) is 1. The number of aliphatic hydroxyl groups is 1. The largest absolute Gasteiger partial charge is 0.394 e. The second kappa shape index (κ2) is 8.27. The lowest BCUT2D eigenvalue weighted by atomic mass is 9.74. The summed E-state index contributed by atoms with van der Waals surface area (Å²) >= 11 is 6.17. The van der Waals surface area contributed by atoms with Crippen LogP contribution in [0.4, 0.5) is 0 Å². The van der Waals surface area contributed by atoms with Crippen LogP contribution in [0, 0.1) is 11.3 Å². The predicted octanol–water partition coefficient (Wildman–Crippen LogP) is 3.87. The zero-order chi connectivity index (χ0) is 20.4. The van der Waals surface area contributed by atoms with Crippen LogP contribution in [0.25, 0.3) is 11.1 Å². The number of aliphatic hydroxyl groups excluding tert-OH is 1. The molecule has 1 heterocycles. The maximum absolute atomic E-state index is 13.5. The number of amidine groups is 1. The summed E-state index contributed by atoms with van der Waals surface area (Å²) in [5, 5.41) is 18.0. The van der Waals surface area contributed by atoms with Crippen molar-refractivity contribution in [2.45, 2.75) is 24.7 Å². The number of carbonyl (C=O) groups excluding carboxylic acids is 1. The van der Waals surface area contributed by atoms with E-state index in [0.717, 1.165) is 29.5 Å². The van der Waals surface area contributed by atoms with Gasteiger partial charge in [-0.05, 0) is 47.6 Å². The van der Waals surface area contributed by atoms with Crippen molar-refractivity contribution >= 4 is 23.3 Å². The van der Waals surface area contributed by atoms with Crippen molar-refractivity contribution in [3.05, 3.63) is 59.1 Å². The molecule has 1 aliphatic carbocycles. The van der Waals surface area contributed by atoms with E-state index in [4.69, 9.17) is 26.9 Å². The number of likely N-dealkylation sites (tertiary alicyclic amines) is 1. The summed E-state index contributed by atoms with van der Waals surface area (Å²) in [7, 11) is 0. The predicted molar refractivity (Wildman–Crippen MR) is 113 cm³/mol. The van der Waals surface area contributed by atoms with Gasteiger partial charge in [-0.1, -0.05) is 48.0 Å². The molecule has 0 aromatic heterocycles. The molecular formula is C23H25ClN2O3. The Morgan fingerprint density at radius 3 is 2.55 bits per heavy atom. The number of benzene rings is 2. The van der Waals surface area contributed by atoms with Gasteiger partial charge in [-0.3, -0.25) is 15.1 Å². The Hall–Kier alpha value is -2.21. The molecule has 6 heteroatoms. The third-order valence-electron chi connectivity index (χ3n) is 5.90. The second-order valence-corrected chi connectivity index (χ2v) is 8.19. The lowest BCUT2D eigenvalue weighted by Gasteiger charge is -2.28. The van der Waals surface area contributed by atoms with E-state index >= 15 is 0 Å². The minimum atomic E-state index is -0.664. The van der Waals surface area contributed by atoms with Crippen molar-refractivity contribution in [1.82, 2.24) is 4.90 Å². The van der Waals surface area contributed by atoms with Crippen LogP contribution < -0.4 is 0 Å². The van der Waals surface area contributed by atoms with E-state index in [-0.39, 0.29) is 25.0 Å². The van der Waals surface area contributed by atoms with Gasteiger partial charge in [0.2, 0.25) is 5.91 Å². The first-order valence-electron chi connectivity index (χ1n) is 10.0. The maximum Gasteiger partial charge on any atom is 0.239 e. The molecule has 2 N–H and O–H groups in total. The molecule has 2 fully saturated rings. The van der Waals surface area contributed by atoms with Gasteiger partial charge >= 0.3 is 0 Å². The third-order valence-corrected chi connectivity index (χ3v) is 6.14. The van der Waals surface area contributed by atoms with Gasteiger partial charge in [0.1, 0.15) is 5.84 Å². The molecule has 5 nitrogen and oxygen atoms in total. The van der Waals surface area contributed by atoms with E-state index in [9.17, 15) is 4.79 Å². The first-order chi connectivity index (χ1) is 14.1. The molecule has 2 aromatic rings. The number of rotatable bonds is 8. The zero-order valence-corrected chi connectivity index (χ0v) is 17.0. The molecule has 1 amide bonds. The van der Waals surface area contributed by atoms with Gasteiger partial charge in [-0.15, -0.1) is 0 Å². The first kappa shape index (κ1) is 20.1. The van der Waals surface area contributed by atoms with Gasteiger partial charge in [0, 0.05) is 11.4 Å². The van der Waals surface area contributed by atoms with E-state index in [2.05, 4.69) is 6.07 Å². The van der Waals surface area contributed by atoms with Crippen LogP contribution in [-0.4, -0.2) is 48.1 Å². The Labute approximate surface area is 175 Å². The molecule has 1 saturated heterocycles. The minimum absolute atomic E-state index is 0.000780. The highest BCUT2D eigenvalue weighted by atomic mass is 35.5. The molecule has 2 aliphatic rings. The number of nitrogens with one attached hydrogen (secondary N) is 1. The summed E-state index contributed by atoms with van der Waals surface area (Å²) in [5.41, 5.74) is 2.35. The summed E-state index contributed by atoms with van der Waals surface area (Å²) in [6.45, 7) is 0.858. The summed E-state index contributed by atoms with van der Waals surface area (Å²) in [6, 6.07) is 15.8. The fourth-order valence-electron chi connectivity index (χ4n) is 4.36. The van der Waals surface area contributed by atoms with E-state index in [0.29, 0.717) is 30.4 Å². The smallest absolute Gasteiger partial charge is 0.239 e. The first-order valence-corrected chi connectivity index (χ1v) is 10.4. The molecule has 4 rings (SSSR count). The molecule has 0 spiro atoms. The Bertz CT molecular complexity index is 928. The Morgan fingerprint density at radius 1 is 1.14 bits per heavy atom. The fourth-order valence-corrected chi connectivity index (χ4v) is 4.55. The normalized spacial score (nSPS) is 21.8. The van der Waals surface area contributed by atoms with Crippen molar-refractivity contribution < 1.29 is 14.6 Å². The Morgan fingerprint density at radius 2 is 1.86 bits per heavy atom. The molecule has 1 atom stereocenters. The van der Waals surface area contributed by atoms with Gasteiger partial charge in [0.15, 0.2) is 0 Å². The van der Waals surface area contributed by atoms with Crippen LogP contribution in [0.15, 0.2) is 48.5 Å². The summed E-state index contributed by atoms with van der Waals surface area (Å²) in [4.78, 5) is 15.1. The number of amides is 1. The zero-order valence-electron chi connectivity index (χ0n) is 16.2. The molecule has 1 aliphatic heterocycles. The van der Waals surface area contributed by atoms with E-state index < -0.39 is 5.41 Å². The number of hydrogen-bond donors (Lipinski definition) is 2. The van der Waals surface area contributed by atoms with Crippen molar-refractivity contribution in [3.8, 4) is 11.1 Å². The van der Waals surface area contributed by atoms with Crippen LogP contribution in [0.1, 0.15) is 24.8 Å². The van der Waals surface area contributed by atoms with Crippen LogP contribution in [0.5, 0.6) is 0 Å². The number of carbonyl (C=O) groups is 1. The standard InChI is InChI=1S/C23H25ClN2O3/c24-20-6-2-4-17(14-20)16-3-1-5-19(13-16)23(18-7-8-18)15-21(25)26(22(23)28)9-11-29-12-10-27/h1-6,13-14,18,25,27H,7-12,15H2. The van der Waals surface area contributed by atoms with Gasteiger partial charge in [-0.25, -0.2) is 0 Å². The van der Waals surface area contributed by atoms with Crippen LogP contribution in [-0.2, 0) is 14.9 Å². The van der Waals surface area contributed by atoms with Crippen molar-refractivity contribution in [2.75, 3.05) is 26.4 Å². The summed E-state index contributed by atoms with van der Waals surface area (Å²) < 4.78 is 5.33. The topological polar surface area (TPSA) is 73.6 Å². The van der Waals surface area contributed by atoms with Crippen LogP contribution in [0.2, 0.25) is 5.02 Å². The average Bonchev–Trinajstić information content (AvgIpc) is 3.54. The minimum Gasteiger partial charge on any atom is -0.394 e. The quantitative estimate of drug-likeness (QED) is 0.646. The third kappa shape index (κ3) is 3.82. The van der Waals surface area contributed by atoms with Crippen molar-refractivity contribution in [3.63, 3.8) is 0 Å². The summed E-state index contributed by atoms with van der Waals surface area (Å²) in [5.74, 6) is 0.622. The molecule has 1 unspecified atom stereocenters. The molecule has 2 aromatic carbocycles. The second-order valence-electron chi connectivity index (χ2n) is 7.75. The molecule has 152 valence electrons. The number of halogens is 1. The van der Waals surface area contributed by atoms with Crippen LogP contribution >= 0.6 is 11.6 Å². The van der Waals surface area contributed by atoms with E-state index in [1.165, 1.54) is 0 Å². The number of hydrogen-bond acceptors (Lipinski definition) is 4. The highest BCUT2D eigenvalue weighted by Gasteiger charge is 2.58. The average molecular weight is 413 g/mol. The Balaban J connectivity index is 1.65. The van der Waals surface area contributed by atoms with Gasteiger partial charge < -0.3 is 9.84 Å². The molecule has 1 saturated carbocycles. The molecule has 29 heavy (non-hydrogen) atoms. The van der Waals surface area contributed by atoms with Gasteiger partial charge in [-0.2, -0.15) is 0 Å². The highest BCUT2D eigenvalue weighted by molar-refractivity contribution is 6.30. The van der Waals surface area contributed by atoms with Gasteiger partial charge in [0.05, 0.1) is 31.8 Å². The monoisotopic (exact) mass is 412 g/mol. The van der Waals surface area contributed by atoms with E-state index in [1.54, 1.807) is 4.90 Å². The fraction of sp³-hybridized carbons (Fsp3) is 0.391. The maximum atomic E-state index is 13.5. The molecule has 0 radical (unpaired) electrons. The molecular weight excluding hydrogens is 388 g/mol. The van der Waals surface area contributed by atoms with Crippen LogP contribution in [0.3, 0.4) is 0 Å². The lowest BCUT2D eigenvalue weighted by Crippen LogP contribution is -2.41. The number of ether oxygens (including phenoxy) is 1. The molecule has 0 bridgehead atoms. The highest BCUT2D eigenvalue weighted by Crippen LogP contribution is 2.53. The summed E-state index contributed by atoms with van der Waals surface area (Å²) in [6.07, 6.45) is 2.44. The Kier molecular flexibility index (Phi) is 5.72. The van der Waals surface area contributed by atoms with Gasteiger partial charge in [0.25, 0.3) is 0 Å². The lowest BCUT2D eigenvalue weighted by molar-refractivity contribution is -0.132. The van der Waals surface area contributed by atoms with Crippen molar-refractivity contribution in [1.29, 1.82) is 5.41 Å². The van der Waals surface area contributed by atoms with Crippen molar-refractivity contribution in [2.24, 2.45) is 5.92 Å². The SMILES string of the molecule is N=C1CC(c2cccc(-c3cccc(Cl)c3)c2)(C2CC2)C(=O)N1CCOCCO.